The Morgan fingerprint density at radius 3 is 2.79 bits per heavy atom. The molecule has 106 valence electrons. The Hall–Kier alpha value is -0.670. The highest BCUT2D eigenvalue weighted by Crippen LogP contribution is 2.37. The van der Waals surface area contributed by atoms with E-state index in [9.17, 15) is 0 Å². The van der Waals surface area contributed by atoms with Crippen LogP contribution in [0.25, 0.3) is 0 Å². The fraction of sp³-hybridized carbons (Fsp3) is 0.625. The molecule has 0 heterocycles. The van der Waals surface area contributed by atoms with Crippen molar-refractivity contribution in [2.24, 2.45) is 0 Å². The lowest BCUT2D eigenvalue weighted by Gasteiger charge is -2.26. The zero-order chi connectivity index (χ0) is 13.5. The van der Waals surface area contributed by atoms with E-state index in [2.05, 4.69) is 30.4 Å². The summed E-state index contributed by atoms with van der Waals surface area (Å²) in [5.41, 5.74) is 0. The van der Waals surface area contributed by atoms with Crippen LogP contribution in [0.4, 0.5) is 0 Å². The van der Waals surface area contributed by atoms with Crippen molar-refractivity contribution in [1.29, 1.82) is 0 Å². The molecular formula is C16H25NOS. The third kappa shape index (κ3) is 4.15. The lowest BCUT2D eigenvalue weighted by molar-refractivity contribution is 0.404. The van der Waals surface area contributed by atoms with Gasteiger partial charge in [0, 0.05) is 16.2 Å². The van der Waals surface area contributed by atoms with Crippen LogP contribution in [0.3, 0.4) is 0 Å². The van der Waals surface area contributed by atoms with Crippen LogP contribution in [0.1, 0.15) is 39.0 Å². The van der Waals surface area contributed by atoms with E-state index in [-0.39, 0.29) is 0 Å². The van der Waals surface area contributed by atoms with E-state index in [0.29, 0.717) is 11.3 Å². The van der Waals surface area contributed by atoms with Crippen LogP contribution < -0.4 is 10.1 Å². The van der Waals surface area contributed by atoms with E-state index >= 15 is 0 Å². The number of ether oxygens (including phenoxy) is 1. The third-order valence-corrected chi connectivity index (χ3v) is 5.22. The summed E-state index contributed by atoms with van der Waals surface area (Å²) in [5, 5.41) is 4.34. The predicted molar refractivity (Wildman–Crippen MR) is 83.2 cm³/mol. The molecule has 0 aromatic heterocycles. The molecule has 19 heavy (non-hydrogen) atoms. The Bertz CT molecular complexity index is 383. The lowest BCUT2D eigenvalue weighted by atomic mass is 10.1. The molecule has 2 atom stereocenters. The number of para-hydroxylation sites is 1. The number of hydrogen-bond donors (Lipinski definition) is 1. The Morgan fingerprint density at radius 1 is 1.21 bits per heavy atom. The molecule has 0 radical (unpaired) electrons. The molecule has 1 aromatic rings. The van der Waals surface area contributed by atoms with E-state index in [1.807, 2.05) is 17.8 Å². The highest BCUT2D eigenvalue weighted by Gasteiger charge is 2.24. The van der Waals surface area contributed by atoms with Gasteiger partial charge in [-0.3, -0.25) is 0 Å². The van der Waals surface area contributed by atoms with Crippen molar-refractivity contribution < 1.29 is 4.74 Å². The number of rotatable bonds is 5. The molecule has 3 heteroatoms. The second-order valence-electron chi connectivity index (χ2n) is 5.11. The summed E-state index contributed by atoms with van der Waals surface area (Å²) < 4.78 is 5.47. The Morgan fingerprint density at radius 2 is 2.00 bits per heavy atom. The molecule has 0 aliphatic heterocycles. The summed E-state index contributed by atoms with van der Waals surface area (Å²) in [4.78, 5) is 1.28. The average Bonchev–Trinajstić information content (AvgIpc) is 2.66. The van der Waals surface area contributed by atoms with E-state index in [1.165, 1.54) is 37.0 Å². The normalized spacial score (nSPS) is 23.9. The van der Waals surface area contributed by atoms with Crippen molar-refractivity contribution in [3.8, 4) is 5.75 Å². The third-order valence-electron chi connectivity index (χ3n) is 3.77. The summed E-state index contributed by atoms with van der Waals surface area (Å²) in [6.45, 7) is 3.27. The molecule has 2 nitrogen and oxygen atoms in total. The smallest absolute Gasteiger partial charge is 0.132 e. The molecule has 1 N–H and O–H groups in total. The average molecular weight is 279 g/mol. The highest BCUT2D eigenvalue weighted by atomic mass is 32.2. The second kappa shape index (κ2) is 7.81. The van der Waals surface area contributed by atoms with Gasteiger partial charge in [-0.25, -0.2) is 0 Å². The number of nitrogens with one attached hydrogen (secondary N) is 1. The number of benzene rings is 1. The van der Waals surface area contributed by atoms with Gasteiger partial charge in [0.25, 0.3) is 0 Å². The molecule has 0 spiro atoms. The van der Waals surface area contributed by atoms with Crippen molar-refractivity contribution in [1.82, 2.24) is 5.32 Å². The molecule has 1 aromatic carbocycles. The highest BCUT2D eigenvalue weighted by molar-refractivity contribution is 8.00. The maximum absolute atomic E-state index is 5.47. The minimum Gasteiger partial charge on any atom is -0.496 e. The first kappa shape index (κ1) is 14.7. The van der Waals surface area contributed by atoms with Crippen molar-refractivity contribution >= 4 is 11.8 Å². The molecule has 1 fully saturated rings. The zero-order valence-electron chi connectivity index (χ0n) is 12.0. The molecule has 0 saturated heterocycles. The summed E-state index contributed by atoms with van der Waals surface area (Å²) in [7, 11) is 1.76. The van der Waals surface area contributed by atoms with Crippen LogP contribution in [-0.2, 0) is 0 Å². The Kier molecular flexibility index (Phi) is 6.05. The van der Waals surface area contributed by atoms with Crippen LogP contribution in [0.5, 0.6) is 5.75 Å². The van der Waals surface area contributed by atoms with Crippen molar-refractivity contribution in [2.75, 3.05) is 13.7 Å². The first-order chi connectivity index (χ1) is 9.35. The van der Waals surface area contributed by atoms with E-state index < -0.39 is 0 Å². The molecule has 1 aliphatic rings. The molecule has 0 amide bonds. The van der Waals surface area contributed by atoms with Gasteiger partial charge in [0.05, 0.1) is 7.11 Å². The summed E-state index contributed by atoms with van der Waals surface area (Å²) in [5.74, 6) is 1.01. The standard InChI is InChI=1S/C16H25NOS/c1-3-17-13-9-5-4-6-11-15(13)19-16-12-8-7-10-14(16)18-2/h7-8,10,12-13,15,17H,3-6,9,11H2,1-2H3. The molecule has 0 bridgehead atoms. The first-order valence-corrected chi connectivity index (χ1v) is 8.26. The summed E-state index contributed by atoms with van der Waals surface area (Å²) in [6, 6.07) is 9.02. The van der Waals surface area contributed by atoms with Crippen LogP contribution in [0.2, 0.25) is 0 Å². The number of methoxy groups -OCH3 is 1. The van der Waals surface area contributed by atoms with Crippen LogP contribution in [0.15, 0.2) is 29.2 Å². The van der Waals surface area contributed by atoms with Crippen LogP contribution in [0, 0.1) is 0 Å². The minimum atomic E-state index is 0.641. The first-order valence-electron chi connectivity index (χ1n) is 7.38. The SMILES string of the molecule is CCNC1CCCCCC1Sc1ccccc1OC. The van der Waals surface area contributed by atoms with Crippen molar-refractivity contribution in [3.05, 3.63) is 24.3 Å². The van der Waals surface area contributed by atoms with Crippen LogP contribution in [-0.4, -0.2) is 24.9 Å². The Labute approximate surface area is 121 Å². The summed E-state index contributed by atoms with van der Waals surface area (Å²) in [6.07, 6.45) is 6.71. The molecule has 2 rings (SSSR count). The lowest BCUT2D eigenvalue weighted by Crippen LogP contribution is -2.37. The molecule has 1 saturated carbocycles. The van der Waals surface area contributed by atoms with E-state index in [1.54, 1.807) is 7.11 Å². The van der Waals surface area contributed by atoms with Gasteiger partial charge in [0.1, 0.15) is 5.75 Å². The monoisotopic (exact) mass is 279 g/mol. The maximum atomic E-state index is 5.47. The largest absolute Gasteiger partial charge is 0.496 e. The molecule has 2 unspecified atom stereocenters. The topological polar surface area (TPSA) is 21.3 Å². The number of hydrogen-bond acceptors (Lipinski definition) is 3. The maximum Gasteiger partial charge on any atom is 0.132 e. The molecular weight excluding hydrogens is 254 g/mol. The van der Waals surface area contributed by atoms with E-state index in [0.717, 1.165) is 12.3 Å². The van der Waals surface area contributed by atoms with Crippen molar-refractivity contribution in [2.45, 2.75) is 55.2 Å². The second-order valence-corrected chi connectivity index (χ2v) is 6.39. The van der Waals surface area contributed by atoms with Gasteiger partial charge in [-0.15, -0.1) is 11.8 Å². The van der Waals surface area contributed by atoms with Crippen LogP contribution >= 0.6 is 11.8 Å². The molecule has 1 aliphatic carbocycles. The fourth-order valence-electron chi connectivity index (χ4n) is 2.79. The predicted octanol–water partition coefficient (Wildman–Crippen LogP) is 4.10. The Balaban J connectivity index is 2.09. The minimum absolute atomic E-state index is 0.641. The van der Waals surface area contributed by atoms with Gasteiger partial charge < -0.3 is 10.1 Å². The van der Waals surface area contributed by atoms with Gasteiger partial charge in [-0.2, -0.15) is 0 Å². The zero-order valence-corrected chi connectivity index (χ0v) is 12.8. The van der Waals surface area contributed by atoms with E-state index in [4.69, 9.17) is 4.74 Å². The quantitative estimate of drug-likeness (QED) is 0.820. The number of thioether (sulfide) groups is 1. The van der Waals surface area contributed by atoms with Gasteiger partial charge in [-0.05, 0) is 31.5 Å². The van der Waals surface area contributed by atoms with Gasteiger partial charge in [-0.1, -0.05) is 38.3 Å². The summed E-state index contributed by atoms with van der Waals surface area (Å²) >= 11 is 1.99. The van der Waals surface area contributed by atoms with Crippen molar-refractivity contribution in [3.63, 3.8) is 0 Å². The van der Waals surface area contributed by atoms with Gasteiger partial charge in [0.15, 0.2) is 0 Å². The van der Waals surface area contributed by atoms with Gasteiger partial charge >= 0.3 is 0 Å². The fourth-order valence-corrected chi connectivity index (χ4v) is 4.22. The van der Waals surface area contributed by atoms with Gasteiger partial charge in [0.2, 0.25) is 0 Å².